The normalized spacial score (nSPS) is 16.0. The van der Waals surface area contributed by atoms with Crippen LogP contribution in [0.5, 0.6) is 0 Å². The third-order valence-electron chi connectivity index (χ3n) is 1.35. The summed E-state index contributed by atoms with van der Waals surface area (Å²) in [5, 5.41) is 0. The van der Waals surface area contributed by atoms with Gasteiger partial charge in [0.1, 0.15) is 7.28 Å². The molecule has 0 saturated heterocycles. The average Bonchev–Trinajstić information content (AvgIpc) is 2.45. The van der Waals surface area contributed by atoms with Gasteiger partial charge in [-0.3, -0.25) is 0 Å². The third kappa shape index (κ3) is 1.66. The highest BCUT2D eigenvalue weighted by atomic mass is 79.9. The number of rotatable bonds is 2. The molecule has 0 unspecified atom stereocenters. The van der Waals surface area contributed by atoms with E-state index in [0.717, 1.165) is 0 Å². The SMILES string of the molecule is CBCC(Br)=C1CC1. The van der Waals surface area contributed by atoms with Gasteiger partial charge in [-0.2, -0.15) is 0 Å². The molecule has 0 amide bonds. The predicted octanol–water partition coefficient (Wildman–Crippen LogP) is 2.33. The minimum atomic E-state index is 1.25. The van der Waals surface area contributed by atoms with Gasteiger partial charge in [-0.05, 0) is 23.6 Å². The van der Waals surface area contributed by atoms with Gasteiger partial charge < -0.3 is 0 Å². The molecule has 0 aromatic carbocycles. The van der Waals surface area contributed by atoms with Crippen molar-refractivity contribution < 1.29 is 0 Å². The van der Waals surface area contributed by atoms with E-state index in [-0.39, 0.29) is 0 Å². The fourth-order valence-electron chi connectivity index (χ4n) is 0.730. The largest absolute Gasteiger partial charge is 0.123 e. The van der Waals surface area contributed by atoms with E-state index < -0.39 is 0 Å². The van der Waals surface area contributed by atoms with Gasteiger partial charge in [-0.1, -0.05) is 28.3 Å². The highest BCUT2D eigenvalue weighted by Gasteiger charge is 2.14. The summed E-state index contributed by atoms with van der Waals surface area (Å²) in [6, 6.07) is 0. The van der Waals surface area contributed by atoms with Crippen molar-refractivity contribution in [3.05, 3.63) is 10.1 Å². The lowest BCUT2D eigenvalue weighted by atomic mass is 9.78. The van der Waals surface area contributed by atoms with Gasteiger partial charge in [0.2, 0.25) is 0 Å². The molecule has 1 rings (SSSR count). The summed E-state index contributed by atoms with van der Waals surface area (Å²) in [6.45, 7) is 2.21. The lowest BCUT2D eigenvalue weighted by Gasteiger charge is -1.88. The highest BCUT2D eigenvalue weighted by Crippen LogP contribution is 2.35. The first-order valence-corrected chi connectivity index (χ1v) is 4.00. The minimum absolute atomic E-state index is 1.25. The quantitative estimate of drug-likeness (QED) is 0.562. The van der Waals surface area contributed by atoms with E-state index in [1.165, 1.54) is 30.9 Å². The lowest BCUT2D eigenvalue weighted by molar-refractivity contribution is 1.50. The van der Waals surface area contributed by atoms with Crippen LogP contribution in [0, 0.1) is 0 Å². The monoisotopic (exact) mass is 172 g/mol. The first-order valence-electron chi connectivity index (χ1n) is 3.21. The van der Waals surface area contributed by atoms with Crippen molar-refractivity contribution in [2.75, 3.05) is 0 Å². The molecule has 0 N–H and O–H groups in total. The second-order valence-electron chi connectivity index (χ2n) is 2.26. The molecule has 0 aromatic rings. The molecule has 1 saturated carbocycles. The van der Waals surface area contributed by atoms with Gasteiger partial charge in [0.25, 0.3) is 0 Å². The smallest absolute Gasteiger partial charge is 0.0890 e. The molecule has 0 bridgehead atoms. The summed E-state index contributed by atoms with van der Waals surface area (Å²) in [4.78, 5) is 0. The van der Waals surface area contributed by atoms with Crippen molar-refractivity contribution >= 4 is 23.2 Å². The van der Waals surface area contributed by atoms with Crippen molar-refractivity contribution in [1.29, 1.82) is 0 Å². The molecule has 0 spiro atoms. The average molecular weight is 173 g/mol. The molecule has 0 heterocycles. The Morgan fingerprint density at radius 2 is 2.38 bits per heavy atom. The zero-order valence-electron chi connectivity index (χ0n) is 5.21. The standard InChI is InChI=1S/C6H10BBr/c1-7-4-6(8)5-2-3-5/h7H,2-4H2,1H3. The maximum Gasteiger partial charge on any atom is 0.123 e. The molecular weight excluding hydrogens is 163 g/mol. The summed E-state index contributed by atoms with van der Waals surface area (Å²) in [5.74, 6) is 0. The van der Waals surface area contributed by atoms with Crippen molar-refractivity contribution in [3.8, 4) is 0 Å². The summed E-state index contributed by atoms with van der Waals surface area (Å²) in [7, 11) is 1.27. The molecule has 0 atom stereocenters. The molecule has 0 radical (unpaired) electrons. The molecule has 0 nitrogen and oxygen atoms in total. The molecule has 1 aliphatic carbocycles. The topological polar surface area (TPSA) is 0 Å². The number of halogens is 1. The van der Waals surface area contributed by atoms with Gasteiger partial charge >= 0.3 is 0 Å². The first kappa shape index (κ1) is 6.41. The molecular formula is C6H10BBr. The van der Waals surface area contributed by atoms with Crippen molar-refractivity contribution in [3.63, 3.8) is 0 Å². The Morgan fingerprint density at radius 1 is 1.75 bits per heavy atom. The summed E-state index contributed by atoms with van der Waals surface area (Å²) in [5.41, 5.74) is 1.65. The van der Waals surface area contributed by atoms with Gasteiger partial charge in [-0.25, -0.2) is 0 Å². The molecule has 1 fully saturated rings. The zero-order chi connectivity index (χ0) is 5.98. The van der Waals surface area contributed by atoms with Crippen LogP contribution in [0.3, 0.4) is 0 Å². The Kier molecular flexibility index (Phi) is 2.18. The highest BCUT2D eigenvalue weighted by molar-refractivity contribution is 9.11. The van der Waals surface area contributed by atoms with E-state index in [2.05, 4.69) is 22.8 Å². The van der Waals surface area contributed by atoms with Crippen LogP contribution < -0.4 is 0 Å². The maximum absolute atomic E-state index is 3.54. The van der Waals surface area contributed by atoms with Crippen LogP contribution in [0.4, 0.5) is 0 Å². The third-order valence-corrected chi connectivity index (χ3v) is 2.31. The Balaban J connectivity index is 2.33. The first-order chi connectivity index (χ1) is 3.84. The van der Waals surface area contributed by atoms with Gasteiger partial charge in [0.05, 0.1) is 0 Å². The van der Waals surface area contributed by atoms with E-state index >= 15 is 0 Å². The van der Waals surface area contributed by atoms with Crippen LogP contribution >= 0.6 is 15.9 Å². The van der Waals surface area contributed by atoms with E-state index in [0.29, 0.717) is 0 Å². The van der Waals surface area contributed by atoms with Crippen LogP contribution in [0.2, 0.25) is 13.1 Å². The summed E-state index contributed by atoms with van der Waals surface area (Å²) >= 11 is 3.54. The molecule has 44 valence electrons. The Morgan fingerprint density at radius 3 is 2.75 bits per heavy atom. The van der Waals surface area contributed by atoms with Gasteiger partial charge in [0, 0.05) is 0 Å². The van der Waals surface area contributed by atoms with Crippen LogP contribution in [-0.2, 0) is 0 Å². The predicted molar refractivity (Wildman–Crippen MR) is 43.0 cm³/mol. The van der Waals surface area contributed by atoms with Crippen LogP contribution in [0.1, 0.15) is 12.8 Å². The van der Waals surface area contributed by atoms with Gasteiger partial charge in [0.15, 0.2) is 0 Å². The van der Waals surface area contributed by atoms with Crippen LogP contribution in [0.15, 0.2) is 10.1 Å². The Labute approximate surface area is 59.7 Å². The maximum atomic E-state index is 3.54. The van der Waals surface area contributed by atoms with Crippen LogP contribution in [0.25, 0.3) is 0 Å². The molecule has 0 aromatic heterocycles. The van der Waals surface area contributed by atoms with Crippen molar-refractivity contribution in [1.82, 2.24) is 0 Å². The van der Waals surface area contributed by atoms with E-state index in [4.69, 9.17) is 0 Å². The fourth-order valence-corrected chi connectivity index (χ4v) is 1.52. The summed E-state index contributed by atoms with van der Waals surface area (Å²) in [6.07, 6.45) is 3.94. The molecule has 1 aliphatic rings. The lowest BCUT2D eigenvalue weighted by Crippen LogP contribution is -1.78. The van der Waals surface area contributed by atoms with E-state index in [1.54, 1.807) is 5.57 Å². The van der Waals surface area contributed by atoms with Crippen LogP contribution in [-0.4, -0.2) is 7.28 Å². The minimum Gasteiger partial charge on any atom is -0.0890 e. The zero-order valence-corrected chi connectivity index (χ0v) is 6.79. The second-order valence-corrected chi connectivity index (χ2v) is 3.22. The fraction of sp³-hybridized carbons (Fsp3) is 0.667. The Bertz CT molecular complexity index is 112. The van der Waals surface area contributed by atoms with E-state index in [9.17, 15) is 0 Å². The van der Waals surface area contributed by atoms with Crippen molar-refractivity contribution in [2.45, 2.75) is 26.0 Å². The second kappa shape index (κ2) is 2.72. The molecule has 0 aliphatic heterocycles. The van der Waals surface area contributed by atoms with E-state index in [1.807, 2.05) is 0 Å². The Hall–Kier alpha value is 0.285. The number of hydrogen-bond donors (Lipinski definition) is 0. The van der Waals surface area contributed by atoms with Gasteiger partial charge in [-0.15, -0.1) is 0 Å². The molecule has 8 heavy (non-hydrogen) atoms. The van der Waals surface area contributed by atoms with Crippen molar-refractivity contribution in [2.24, 2.45) is 0 Å². The number of allylic oxidation sites excluding steroid dienone is 2. The molecule has 2 heteroatoms. The number of hydrogen-bond acceptors (Lipinski definition) is 0. The summed E-state index contributed by atoms with van der Waals surface area (Å²) < 4.78 is 1.47.